The maximum atomic E-state index is 12.9. The number of hydrogen-bond donors (Lipinski definition) is 1. The number of alkyl halides is 4. The Morgan fingerprint density at radius 2 is 1.90 bits per heavy atom. The quantitative estimate of drug-likeness (QED) is 0.731. The lowest BCUT2D eigenvalue weighted by Crippen LogP contribution is -2.34. The molecule has 0 fully saturated rings. The third-order valence-corrected chi connectivity index (χ3v) is 2.83. The van der Waals surface area contributed by atoms with Crippen molar-refractivity contribution in [2.75, 3.05) is 13.2 Å². The zero-order valence-electron chi connectivity index (χ0n) is 11.5. The van der Waals surface area contributed by atoms with Crippen molar-refractivity contribution >= 4 is 0 Å². The van der Waals surface area contributed by atoms with Crippen LogP contribution in [0.4, 0.5) is 17.6 Å². The molecule has 0 saturated heterocycles. The van der Waals surface area contributed by atoms with Crippen molar-refractivity contribution in [2.24, 2.45) is 0 Å². The predicted molar refractivity (Wildman–Crippen MR) is 69.6 cm³/mol. The number of rotatable bonds is 8. The Morgan fingerprint density at radius 1 is 1.25 bits per heavy atom. The molecule has 20 heavy (non-hydrogen) atoms. The molecule has 1 aromatic carbocycles. The van der Waals surface area contributed by atoms with Crippen LogP contribution in [-0.4, -0.2) is 25.5 Å². The van der Waals surface area contributed by atoms with Crippen LogP contribution in [0.25, 0.3) is 0 Å². The molecule has 0 heterocycles. The summed E-state index contributed by atoms with van der Waals surface area (Å²) in [6.45, 7) is 3.30. The van der Waals surface area contributed by atoms with Crippen molar-refractivity contribution < 1.29 is 22.3 Å². The van der Waals surface area contributed by atoms with E-state index in [2.05, 4.69) is 5.32 Å². The molecule has 1 rings (SSSR count). The van der Waals surface area contributed by atoms with Gasteiger partial charge in [-0.1, -0.05) is 25.1 Å². The fourth-order valence-corrected chi connectivity index (χ4v) is 1.68. The number of hydrogen-bond acceptors (Lipinski definition) is 2. The lowest BCUT2D eigenvalue weighted by molar-refractivity contribution is -0.148. The van der Waals surface area contributed by atoms with Gasteiger partial charge >= 0.3 is 12.3 Å². The maximum Gasteiger partial charge on any atom is 0.340 e. The van der Waals surface area contributed by atoms with E-state index in [9.17, 15) is 17.6 Å². The molecule has 0 spiro atoms. The fourth-order valence-electron chi connectivity index (χ4n) is 1.68. The zero-order chi connectivity index (χ0) is 15.2. The van der Waals surface area contributed by atoms with Gasteiger partial charge in [0.15, 0.2) is 6.61 Å². The van der Waals surface area contributed by atoms with Crippen LogP contribution in [-0.2, 0) is 0 Å². The second-order valence-electron chi connectivity index (χ2n) is 4.56. The smallest absolute Gasteiger partial charge is 0.340 e. The van der Waals surface area contributed by atoms with Gasteiger partial charge in [-0.05, 0) is 26.0 Å². The van der Waals surface area contributed by atoms with Gasteiger partial charge in [0, 0.05) is 11.6 Å². The summed E-state index contributed by atoms with van der Waals surface area (Å²) in [7, 11) is 0. The monoisotopic (exact) mass is 293 g/mol. The Kier molecular flexibility index (Phi) is 6.26. The normalized spacial score (nSPS) is 13.6. The molecule has 0 aliphatic carbocycles. The molecule has 1 aromatic rings. The van der Waals surface area contributed by atoms with Gasteiger partial charge in [-0.3, -0.25) is 0 Å². The number of nitrogens with one attached hydrogen (secondary N) is 1. The molecule has 1 N–H and O–H groups in total. The van der Waals surface area contributed by atoms with E-state index < -0.39 is 19.0 Å². The first-order valence-corrected chi connectivity index (χ1v) is 6.49. The minimum Gasteiger partial charge on any atom is -0.487 e. The summed E-state index contributed by atoms with van der Waals surface area (Å²) in [5.74, 6) is -3.95. The fraction of sp³-hybridized carbons (Fsp3) is 0.571. The number of halogens is 4. The first-order chi connectivity index (χ1) is 9.38. The molecule has 0 radical (unpaired) electrons. The second-order valence-corrected chi connectivity index (χ2v) is 4.56. The van der Waals surface area contributed by atoms with Gasteiger partial charge in [0.05, 0.1) is 0 Å². The van der Waals surface area contributed by atoms with E-state index in [0.717, 1.165) is 13.0 Å². The first kappa shape index (κ1) is 16.8. The minimum atomic E-state index is -4.15. The van der Waals surface area contributed by atoms with Gasteiger partial charge in [-0.25, -0.2) is 8.78 Å². The summed E-state index contributed by atoms with van der Waals surface area (Å²) in [6.07, 6.45) is -2.80. The standard InChI is InChI=1S/C14H19F4NO/c1-3-8-19-10(2)11-6-4-5-7-12(11)20-9-14(17,18)13(15)16/h4-7,10,13,19H,3,8-9H2,1-2H3. The molecule has 114 valence electrons. The van der Waals surface area contributed by atoms with Crippen molar-refractivity contribution in [3.05, 3.63) is 29.8 Å². The van der Waals surface area contributed by atoms with Crippen LogP contribution in [0.3, 0.4) is 0 Å². The molecule has 0 aliphatic heterocycles. The lowest BCUT2D eigenvalue weighted by Gasteiger charge is -2.20. The molecule has 0 amide bonds. The van der Waals surface area contributed by atoms with E-state index >= 15 is 0 Å². The van der Waals surface area contributed by atoms with Crippen molar-refractivity contribution in [1.29, 1.82) is 0 Å². The third kappa shape index (κ3) is 4.67. The van der Waals surface area contributed by atoms with E-state index in [1.54, 1.807) is 18.2 Å². The van der Waals surface area contributed by atoms with E-state index in [1.165, 1.54) is 6.07 Å². The molecular weight excluding hydrogens is 274 g/mol. The summed E-state index contributed by atoms with van der Waals surface area (Å²) in [5.41, 5.74) is 0.672. The van der Waals surface area contributed by atoms with Crippen molar-refractivity contribution in [3.8, 4) is 5.75 Å². The molecular formula is C14H19F4NO. The second kappa shape index (κ2) is 7.47. The highest BCUT2D eigenvalue weighted by Gasteiger charge is 2.41. The van der Waals surface area contributed by atoms with E-state index in [-0.39, 0.29) is 11.8 Å². The van der Waals surface area contributed by atoms with Gasteiger partial charge < -0.3 is 10.1 Å². The minimum absolute atomic E-state index is 0.105. The molecule has 1 unspecified atom stereocenters. The zero-order valence-corrected chi connectivity index (χ0v) is 11.5. The average Bonchev–Trinajstić information content (AvgIpc) is 2.42. The number of benzene rings is 1. The van der Waals surface area contributed by atoms with Crippen LogP contribution in [0.15, 0.2) is 24.3 Å². The predicted octanol–water partition coefficient (Wildman–Crippen LogP) is 4.03. The molecule has 1 atom stereocenters. The van der Waals surface area contributed by atoms with Crippen LogP contribution in [0.5, 0.6) is 5.75 Å². The van der Waals surface area contributed by atoms with E-state index in [1.807, 2.05) is 13.8 Å². The van der Waals surface area contributed by atoms with Crippen molar-refractivity contribution in [1.82, 2.24) is 5.32 Å². The summed E-state index contributed by atoms with van der Waals surface area (Å²) >= 11 is 0. The van der Waals surface area contributed by atoms with Gasteiger partial charge in [0.2, 0.25) is 0 Å². The van der Waals surface area contributed by atoms with Crippen LogP contribution >= 0.6 is 0 Å². The van der Waals surface area contributed by atoms with Crippen molar-refractivity contribution in [3.63, 3.8) is 0 Å². The van der Waals surface area contributed by atoms with Crippen LogP contribution in [0.1, 0.15) is 31.9 Å². The molecule has 0 saturated carbocycles. The summed E-state index contributed by atoms with van der Waals surface area (Å²) in [5, 5.41) is 3.19. The highest BCUT2D eigenvalue weighted by atomic mass is 19.3. The summed E-state index contributed by atoms with van der Waals surface area (Å²) in [4.78, 5) is 0. The van der Waals surface area contributed by atoms with Gasteiger partial charge in [-0.2, -0.15) is 8.78 Å². The Bertz CT molecular complexity index is 412. The Labute approximate surface area is 116 Å². The van der Waals surface area contributed by atoms with E-state index in [0.29, 0.717) is 5.56 Å². The topological polar surface area (TPSA) is 21.3 Å². The molecule has 0 bridgehead atoms. The highest BCUT2D eigenvalue weighted by molar-refractivity contribution is 5.35. The molecule has 0 aromatic heterocycles. The SMILES string of the molecule is CCCNC(C)c1ccccc1OCC(F)(F)C(F)F. The number of ether oxygens (including phenoxy) is 1. The van der Waals surface area contributed by atoms with E-state index in [4.69, 9.17) is 4.74 Å². The van der Waals surface area contributed by atoms with Gasteiger partial charge in [-0.15, -0.1) is 0 Å². The van der Waals surface area contributed by atoms with Gasteiger partial charge in [0.25, 0.3) is 0 Å². The maximum absolute atomic E-state index is 12.9. The summed E-state index contributed by atoms with van der Waals surface area (Å²) in [6, 6.07) is 6.49. The van der Waals surface area contributed by atoms with Crippen molar-refractivity contribution in [2.45, 2.75) is 38.7 Å². The third-order valence-electron chi connectivity index (χ3n) is 2.83. The van der Waals surface area contributed by atoms with Crippen LogP contribution in [0, 0.1) is 0 Å². The lowest BCUT2D eigenvalue weighted by atomic mass is 10.1. The van der Waals surface area contributed by atoms with Crippen LogP contribution in [0.2, 0.25) is 0 Å². The molecule has 6 heteroatoms. The molecule has 2 nitrogen and oxygen atoms in total. The largest absolute Gasteiger partial charge is 0.487 e. The first-order valence-electron chi connectivity index (χ1n) is 6.49. The Balaban J connectivity index is 2.75. The van der Waals surface area contributed by atoms with Gasteiger partial charge in [0.1, 0.15) is 5.75 Å². The number of para-hydroxylation sites is 1. The Morgan fingerprint density at radius 3 is 2.50 bits per heavy atom. The average molecular weight is 293 g/mol. The van der Waals surface area contributed by atoms with Crippen LogP contribution < -0.4 is 10.1 Å². The highest BCUT2D eigenvalue weighted by Crippen LogP contribution is 2.28. The summed E-state index contributed by atoms with van der Waals surface area (Å²) < 4.78 is 54.8. The molecule has 0 aliphatic rings. The Hall–Kier alpha value is -1.30.